The van der Waals surface area contributed by atoms with Crippen molar-refractivity contribution in [1.82, 2.24) is 4.90 Å². The molecule has 1 saturated heterocycles. The van der Waals surface area contributed by atoms with Gasteiger partial charge in [-0.3, -0.25) is 4.90 Å². The summed E-state index contributed by atoms with van der Waals surface area (Å²) in [6.45, 7) is 3.58. The fourth-order valence-corrected chi connectivity index (χ4v) is 11.0. The number of nitrogens with zero attached hydrogens (tertiary/aromatic N) is 1. The summed E-state index contributed by atoms with van der Waals surface area (Å²) in [5.41, 5.74) is -4.81. The van der Waals surface area contributed by atoms with Gasteiger partial charge in [0, 0.05) is 76.0 Å². The second-order valence-electron chi connectivity index (χ2n) is 12.1. The molecule has 1 unspecified atom stereocenters. The average molecular weight is 500 g/mol. The van der Waals surface area contributed by atoms with E-state index in [-0.39, 0.29) is 18.4 Å². The summed E-state index contributed by atoms with van der Waals surface area (Å²) in [7, 11) is 6.29. The summed E-state index contributed by atoms with van der Waals surface area (Å²) < 4.78 is 23.7. The monoisotopic (exact) mass is 499 g/mol. The largest absolute Gasteiger partial charge is 0.392 e. The normalized spacial score (nSPS) is 62.4. The summed E-state index contributed by atoms with van der Waals surface area (Å²) in [5, 5.41) is 59.3. The lowest BCUT2D eigenvalue weighted by molar-refractivity contribution is -0.320. The zero-order valence-electron chi connectivity index (χ0n) is 21.2. The van der Waals surface area contributed by atoms with Crippen molar-refractivity contribution in [2.24, 2.45) is 34.5 Å². The van der Waals surface area contributed by atoms with Gasteiger partial charge in [-0.2, -0.15) is 0 Å². The highest BCUT2D eigenvalue weighted by Gasteiger charge is 2.90. The average Bonchev–Trinajstić information content (AvgIpc) is 3.19. The number of ether oxygens (including phenoxy) is 4. The second-order valence-corrected chi connectivity index (χ2v) is 12.1. The number of fused-ring (bicyclic) bond motifs is 2. The highest BCUT2D eigenvalue weighted by Crippen LogP contribution is 2.79. The molecule has 35 heavy (non-hydrogen) atoms. The van der Waals surface area contributed by atoms with E-state index in [0.29, 0.717) is 26.1 Å². The van der Waals surface area contributed by atoms with Crippen LogP contribution < -0.4 is 0 Å². The van der Waals surface area contributed by atoms with Crippen LogP contribution in [0.5, 0.6) is 0 Å². The van der Waals surface area contributed by atoms with Gasteiger partial charge in [-0.05, 0) is 18.9 Å². The molecule has 1 spiro atoms. The fourth-order valence-electron chi connectivity index (χ4n) is 11.0. The summed E-state index contributed by atoms with van der Waals surface area (Å²) in [6.07, 6.45) is -4.95. The van der Waals surface area contributed by atoms with Crippen LogP contribution in [-0.2, 0) is 18.9 Å². The van der Waals surface area contributed by atoms with Gasteiger partial charge in [0.15, 0.2) is 0 Å². The Morgan fingerprint density at radius 1 is 0.943 bits per heavy atom. The van der Waals surface area contributed by atoms with Gasteiger partial charge in [-0.15, -0.1) is 0 Å². The lowest BCUT2D eigenvalue weighted by Gasteiger charge is -2.70. The Kier molecular flexibility index (Phi) is 5.40. The third kappa shape index (κ3) is 2.35. The van der Waals surface area contributed by atoms with E-state index >= 15 is 0 Å². The van der Waals surface area contributed by atoms with Crippen LogP contribution >= 0.6 is 0 Å². The van der Waals surface area contributed by atoms with Crippen molar-refractivity contribution in [3.63, 3.8) is 0 Å². The number of aliphatic hydroxyl groups is 5. The van der Waals surface area contributed by atoms with Gasteiger partial charge in [0.1, 0.15) is 23.4 Å². The molecule has 5 N–H and O–H groups in total. The summed E-state index contributed by atoms with van der Waals surface area (Å²) >= 11 is 0. The lowest BCUT2D eigenvalue weighted by atomic mass is 9.42. The summed E-state index contributed by atoms with van der Waals surface area (Å²) in [6, 6.07) is -0.240. The minimum absolute atomic E-state index is 0.156. The Morgan fingerprint density at radius 3 is 2.23 bits per heavy atom. The van der Waals surface area contributed by atoms with Crippen molar-refractivity contribution in [3.05, 3.63) is 0 Å². The van der Waals surface area contributed by atoms with Gasteiger partial charge in [0.05, 0.1) is 31.0 Å². The van der Waals surface area contributed by atoms with Gasteiger partial charge >= 0.3 is 0 Å². The van der Waals surface area contributed by atoms with E-state index in [0.717, 1.165) is 0 Å². The number of rotatable bonds is 6. The third-order valence-corrected chi connectivity index (χ3v) is 11.7. The molecule has 6 rings (SSSR count). The van der Waals surface area contributed by atoms with Gasteiger partial charge in [0.2, 0.25) is 0 Å². The molecule has 6 aliphatic rings. The van der Waals surface area contributed by atoms with Crippen LogP contribution in [-0.4, -0.2) is 132 Å². The molecule has 5 aliphatic carbocycles. The predicted molar refractivity (Wildman–Crippen MR) is 121 cm³/mol. The summed E-state index contributed by atoms with van der Waals surface area (Å²) in [4.78, 5) is 2.29. The van der Waals surface area contributed by atoms with Gasteiger partial charge in [-0.25, -0.2) is 0 Å². The van der Waals surface area contributed by atoms with E-state index in [4.69, 9.17) is 18.9 Å². The predicted octanol–water partition coefficient (Wildman–Crippen LogP) is -1.79. The lowest BCUT2D eigenvalue weighted by Crippen LogP contribution is -2.81. The molecule has 0 amide bonds. The number of aliphatic hydroxyl groups excluding tert-OH is 3. The fraction of sp³-hybridized carbons (Fsp3) is 1.00. The first-order valence-corrected chi connectivity index (χ1v) is 12.9. The molecule has 0 aromatic rings. The molecule has 200 valence electrons. The molecular formula is C25H41NO9. The van der Waals surface area contributed by atoms with Crippen molar-refractivity contribution >= 4 is 0 Å². The maximum absolute atomic E-state index is 12.6. The molecule has 0 aromatic carbocycles. The molecule has 7 bridgehead atoms. The van der Waals surface area contributed by atoms with Gasteiger partial charge < -0.3 is 44.5 Å². The minimum atomic E-state index is -1.76. The molecule has 10 heteroatoms. The Morgan fingerprint density at radius 2 is 1.66 bits per heavy atom. The number of hydrogen-bond acceptors (Lipinski definition) is 10. The zero-order chi connectivity index (χ0) is 25.3. The van der Waals surface area contributed by atoms with Crippen molar-refractivity contribution in [1.29, 1.82) is 0 Å². The Bertz CT molecular complexity index is 878. The van der Waals surface area contributed by atoms with E-state index in [9.17, 15) is 25.5 Å². The molecule has 15 atom stereocenters. The van der Waals surface area contributed by atoms with Gasteiger partial charge in [0.25, 0.3) is 0 Å². The Labute approximate surface area is 206 Å². The standard InChI is InChI=1S/C25H41NO9/c1-6-26-9-22(10-32-2)12(27)7-13(33-3)24-11-8-23(30)19(28)14(11)25(31,20(29)21(23)35-5)15(18(24)26)16(34-4)17(22)24/h11-21,27-31H,6-10H2,1-5H3/t11-,12-,13+,14-,15+,16+,17-,18+,19-,20+,21+,22-,23-,24?,25-/m1/s1. The highest BCUT2D eigenvalue weighted by atomic mass is 16.5. The molecular weight excluding hydrogens is 458 g/mol. The zero-order valence-corrected chi connectivity index (χ0v) is 21.2. The SMILES string of the molecule is CCN1C[C@@]2(COC)[C@H](O)C[C@H](OC)C34[C@@H]5C[C@@]6(O)[C@H](O)[C@@H]5[C@@](O)([C@@H]([C@H](OC)[C@@H]32)[C@H]14)[C@@H](O)[C@@H]6OC. The maximum atomic E-state index is 12.6. The molecule has 0 aromatic heterocycles. The van der Waals surface area contributed by atoms with Crippen LogP contribution in [0.1, 0.15) is 19.8 Å². The van der Waals surface area contributed by atoms with E-state index in [1.54, 1.807) is 21.3 Å². The number of piperidine rings is 1. The first kappa shape index (κ1) is 24.9. The molecule has 0 radical (unpaired) electrons. The smallest absolute Gasteiger partial charge is 0.120 e. The first-order chi connectivity index (χ1) is 16.6. The Balaban J connectivity index is 1.68. The second kappa shape index (κ2) is 7.59. The number of methoxy groups -OCH3 is 4. The van der Waals surface area contributed by atoms with Crippen molar-refractivity contribution < 1.29 is 44.5 Å². The quantitative estimate of drug-likeness (QED) is 0.285. The van der Waals surface area contributed by atoms with Crippen molar-refractivity contribution in [2.45, 2.75) is 73.6 Å². The van der Waals surface area contributed by atoms with E-state index in [1.807, 2.05) is 0 Å². The minimum Gasteiger partial charge on any atom is -0.392 e. The number of likely N-dealkylation sites (tertiary alicyclic amines) is 1. The molecule has 1 heterocycles. The Hall–Kier alpha value is -0.400. The topological polar surface area (TPSA) is 141 Å². The van der Waals surface area contributed by atoms with Crippen LogP contribution in [0.15, 0.2) is 0 Å². The molecule has 10 nitrogen and oxygen atoms in total. The van der Waals surface area contributed by atoms with Crippen molar-refractivity contribution in [3.8, 4) is 0 Å². The van der Waals surface area contributed by atoms with Crippen LogP contribution in [0, 0.1) is 34.5 Å². The van der Waals surface area contributed by atoms with Crippen molar-refractivity contribution in [2.75, 3.05) is 48.1 Å². The van der Waals surface area contributed by atoms with E-state index < -0.39 is 76.4 Å². The van der Waals surface area contributed by atoms with E-state index in [1.165, 1.54) is 7.11 Å². The van der Waals surface area contributed by atoms with Crippen LogP contribution in [0.2, 0.25) is 0 Å². The number of hydrogen-bond donors (Lipinski definition) is 5. The summed E-state index contributed by atoms with van der Waals surface area (Å²) in [5.74, 6) is -2.04. The maximum Gasteiger partial charge on any atom is 0.120 e. The third-order valence-electron chi connectivity index (χ3n) is 11.7. The molecule has 5 saturated carbocycles. The molecule has 1 aliphatic heterocycles. The van der Waals surface area contributed by atoms with Gasteiger partial charge in [-0.1, -0.05) is 6.92 Å². The van der Waals surface area contributed by atoms with Crippen LogP contribution in [0.3, 0.4) is 0 Å². The van der Waals surface area contributed by atoms with Crippen LogP contribution in [0.25, 0.3) is 0 Å². The molecule has 6 fully saturated rings. The highest BCUT2D eigenvalue weighted by molar-refractivity contribution is 5.39. The first-order valence-electron chi connectivity index (χ1n) is 12.9. The van der Waals surface area contributed by atoms with E-state index in [2.05, 4.69) is 11.8 Å². The van der Waals surface area contributed by atoms with Crippen LogP contribution in [0.4, 0.5) is 0 Å².